The van der Waals surface area contributed by atoms with Crippen LogP contribution in [0.25, 0.3) is 0 Å². The van der Waals surface area contributed by atoms with Crippen molar-refractivity contribution in [3.63, 3.8) is 0 Å². The Labute approximate surface area is 157 Å². The Kier molecular flexibility index (Phi) is 16.2. The van der Waals surface area contributed by atoms with Crippen LogP contribution in [0, 0.1) is 0 Å². The summed E-state index contributed by atoms with van der Waals surface area (Å²) in [6.07, 6.45) is 5.37. The molecule has 0 aliphatic rings. The van der Waals surface area contributed by atoms with Gasteiger partial charge in [0, 0.05) is 19.4 Å². The largest absolute Gasteiger partial charge is 0.393 e. The molecule has 0 saturated heterocycles. The second-order valence-corrected chi connectivity index (χ2v) is 6.93. The number of hydrogen-bond donors (Lipinski definition) is 5. The fraction of sp³-hybridized carbons (Fsp3) is 0.947. The van der Waals surface area contributed by atoms with E-state index in [0.29, 0.717) is 18.7 Å². The smallest absolute Gasteiger partial charge is 0.132 e. The number of Topliss-reactive ketones (excluding diaryl/α,β-unsaturated/α-hetero) is 1. The Hall–Kier alpha value is -0.570. The van der Waals surface area contributed by atoms with E-state index in [-0.39, 0.29) is 0 Å². The zero-order valence-electron chi connectivity index (χ0n) is 16.4. The van der Waals surface area contributed by atoms with Crippen LogP contribution in [0.15, 0.2) is 0 Å². The molecule has 0 heterocycles. The van der Waals surface area contributed by atoms with Gasteiger partial charge in [0.05, 0.1) is 12.7 Å². The van der Waals surface area contributed by atoms with Crippen molar-refractivity contribution in [1.82, 2.24) is 5.48 Å². The van der Waals surface area contributed by atoms with Crippen LogP contribution in [0.3, 0.4) is 0 Å². The third kappa shape index (κ3) is 12.7. The van der Waals surface area contributed by atoms with Gasteiger partial charge in [0.25, 0.3) is 0 Å². The zero-order valence-corrected chi connectivity index (χ0v) is 16.4. The van der Waals surface area contributed by atoms with Crippen LogP contribution in [0.4, 0.5) is 0 Å². The molecule has 0 spiro atoms. The number of nitrogens with one attached hydrogen (secondary N) is 1. The summed E-state index contributed by atoms with van der Waals surface area (Å²) < 4.78 is 0. The molecule has 0 aromatic carbocycles. The number of carbonyl (C=O) groups excluding carboxylic acids is 1. The molecule has 0 saturated carbocycles. The van der Waals surface area contributed by atoms with Crippen molar-refractivity contribution in [2.24, 2.45) is 0 Å². The summed E-state index contributed by atoms with van der Waals surface area (Å²) in [6, 6.07) is 0. The van der Waals surface area contributed by atoms with Gasteiger partial charge in [-0.15, -0.1) is 0 Å². The van der Waals surface area contributed by atoms with Crippen LogP contribution in [0.2, 0.25) is 0 Å². The van der Waals surface area contributed by atoms with E-state index in [1.807, 2.05) is 6.92 Å². The Morgan fingerprint density at radius 3 is 1.96 bits per heavy atom. The van der Waals surface area contributed by atoms with Crippen LogP contribution in [-0.2, 0) is 9.63 Å². The highest BCUT2D eigenvalue weighted by Gasteiger charge is 2.29. The highest BCUT2D eigenvalue weighted by molar-refractivity contribution is 5.77. The molecule has 0 aromatic heterocycles. The first-order valence-corrected chi connectivity index (χ1v) is 9.99. The minimum atomic E-state index is -1.37. The van der Waals surface area contributed by atoms with Gasteiger partial charge in [-0.2, -0.15) is 0 Å². The summed E-state index contributed by atoms with van der Waals surface area (Å²) in [7, 11) is 0. The molecule has 7 nitrogen and oxygen atoms in total. The van der Waals surface area contributed by atoms with Crippen molar-refractivity contribution < 1.29 is 30.1 Å². The first-order valence-electron chi connectivity index (χ1n) is 9.99. The molecule has 5 N–H and O–H groups in total. The first-order chi connectivity index (χ1) is 12.4. The Balaban J connectivity index is 3.50. The Morgan fingerprint density at radius 2 is 1.46 bits per heavy atom. The standard InChI is InChI=1S/C19H39NO6/c1-3-16(23)12-10-8-6-4-5-7-9-11-13-20-26-17(14-21)19(25)18(24)15(2)22/h15,17-22,24-25H,3-14H2,1-2H3. The lowest BCUT2D eigenvalue weighted by Gasteiger charge is -2.26. The number of hydrogen-bond acceptors (Lipinski definition) is 7. The molecule has 7 heteroatoms. The number of ketones is 1. The Morgan fingerprint density at radius 1 is 0.923 bits per heavy atom. The predicted octanol–water partition coefficient (Wildman–Crippen LogP) is 1.46. The van der Waals surface area contributed by atoms with E-state index >= 15 is 0 Å². The Bertz CT molecular complexity index is 340. The van der Waals surface area contributed by atoms with Gasteiger partial charge in [-0.05, 0) is 19.8 Å². The van der Waals surface area contributed by atoms with Gasteiger partial charge in [0.2, 0.25) is 0 Å². The van der Waals surface area contributed by atoms with E-state index in [4.69, 9.17) is 4.84 Å². The maximum Gasteiger partial charge on any atom is 0.132 e. The SMILES string of the molecule is CCC(=O)CCCCCCCCCCNOC(CO)C(O)C(O)C(C)O. The zero-order chi connectivity index (χ0) is 19.8. The average Bonchev–Trinajstić information content (AvgIpc) is 2.64. The molecule has 4 atom stereocenters. The molecule has 156 valence electrons. The normalized spacial score (nSPS) is 16.2. The molecule has 0 aliphatic carbocycles. The fourth-order valence-electron chi connectivity index (χ4n) is 2.64. The monoisotopic (exact) mass is 377 g/mol. The summed E-state index contributed by atoms with van der Waals surface area (Å²) in [4.78, 5) is 16.3. The molecular formula is C19H39NO6. The number of carbonyl (C=O) groups is 1. The summed E-state index contributed by atoms with van der Waals surface area (Å²) in [5, 5.41) is 37.8. The van der Waals surface area contributed by atoms with E-state index in [9.17, 15) is 25.2 Å². The van der Waals surface area contributed by atoms with Gasteiger partial charge in [-0.1, -0.05) is 45.4 Å². The lowest BCUT2D eigenvalue weighted by Crippen LogP contribution is -2.48. The molecular weight excluding hydrogens is 338 g/mol. The summed E-state index contributed by atoms with van der Waals surface area (Å²) in [5.41, 5.74) is 2.70. The van der Waals surface area contributed by atoms with E-state index < -0.39 is 31.0 Å². The van der Waals surface area contributed by atoms with Gasteiger partial charge >= 0.3 is 0 Å². The number of unbranched alkanes of at least 4 members (excludes halogenated alkanes) is 7. The average molecular weight is 378 g/mol. The summed E-state index contributed by atoms with van der Waals surface area (Å²) in [6.45, 7) is 3.41. The van der Waals surface area contributed by atoms with Crippen LogP contribution in [0.5, 0.6) is 0 Å². The van der Waals surface area contributed by atoms with Crippen molar-refractivity contribution in [3.8, 4) is 0 Å². The molecule has 0 radical (unpaired) electrons. The van der Waals surface area contributed by atoms with Crippen LogP contribution in [-0.4, -0.2) is 63.8 Å². The van der Waals surface area contributed by atoms with Gasteiger partial charge < -0.3 is 20.4 Å². The van der Waals surface area contributed by atoms with Crippen molar-refractivity contribution >= 4 is 5.78 Å². The molecule has 0 rings (SSSR count). The molecule has 4 unspecified atom stereocenters. The van der Waals surface area contributed by atoms with Crippen molar-refractivity contribution in [1.29, 1.82) is 0 Å². The molecule has 0 aromatic rings. The molecule has 0 fully saturated rings. The summed E-state index contributed by atoms with van der Waals surface area (Å²) >= 11 is 0. The van der Waals surface area contributed by atoms with E-state index in [2.05, 4.69) is 5.48 Å². The third-order valence-electron chi connectivity index (χ3n) is 4.52. The van der Waals surface area contributed by atoms with Crippen molar-refractivity contribution in [2.75, 3.05) is 13.2 Å². The molecule has 26 heavy (non-hydrogen) atoms. The number of aliphatic hydroxyl groups is 4. The lowest BCUT2D eigenvalue weighted by atomic mass is 10.0. The fourth-order valence-corrected chi connectivity index (χ4v) is 2.64. The van der Waals surface area contributed by atoms with Gasteiger partial charge in [-0.3, -0.25) is 9.63 Å². The van der Waals surface area contributed by atoms with E-state index in [1.165, 1.54) is 26.2 Å². The topological polar surface area (TPSA) is 119 Å². The van der Waals surface area contributed by atoms with Crippen molar-refractivity contribution in [2.45, 2.75) is 102 Å². The number of rotatable bonds is 18. The van der Waals surface area contributed by atoms with E-state index in [0.717, 1.165) is 38.5 Å². The van der Waals surface area contributed by atoms with E-state index in [1.54, 1.807) is 0 Å². The molecule has 0 bridgehead atoms. The van der Waals surface area contributed by atoms with Gasteiger partial charge in [-0.25, -0.2) is 5.48 Å². The highest BCUT2D eigenvalue weighted by atomic mass is 16.7. The predicted molar refractivity (Wildman–Crippen MR) is 101 cm³/mol. The van der Waals surface area contributed by atoms with Gasteiger partial charge in [0.15, 0.2) is 0 Å². The first kappa shape index (κ1) is 25.4. The maximum absolute atomic E-state index is 11.2. The second kappa shape index (κ2) is 16.6. The van der Waals surface area contributed by atoms with Crippen molar-refractivity contribution in [3.05, 3.63) is 0 Å². The third-order valence-corrected chi connectivity index (χ3v) is 4.52. The molecule has 0 aliphatic heterocycles. The second-order valence-electron chi connectivity index (χ2n) is 6.93. The minimum absolute atomic E-state index is 0.357. The summed E-state index contributed by atoms with van der Waals surface area (Å²) in [5.74, 6) is 0.357. The van der Waals surface area contributed by atoms with Crippen LogP contribution >= 0.6 is 0 Å². The van der Waals surface area contributed by atoms with Gasteiger partial charge in [0.1, 0.15) is 24.1 Å². The molecule has 0 amide bonds. The minimum Gasteiger partial charge on any atom is -0.393 e. The maximum atomic E-state index is 11.2. The lowest BCUT2D eigenvalue weighted by molar-refractivity contribution is -0.155. The number of aliphatic hydroxyl groups excluding tert-OH is 4. The highest BCUT2D eigenvalue weighted by Crippen LogP contribution is 2.10. The van der Waals surface area contributed by atoms with Crippen LogP contribution in [0.1, 0.15) is 78.1 Å². The quantitative estimate of drug-likeness (QED) is 0.181. The number of hydroxylamine groups is 1. The van der Waals surface area contributed by atoms with Crippen LogP contribution < -0.4 is 5.48 Å².